The molecule has 6 unspecified atom stereocenters. The Morgan fingerprint density at radius 2 is 1.85 bits per heavy atom. The van der Waals surface area contributed by atoms with Gasteiger partial charge >= 0.3 is 6.01 Å². The van der Waals surface area contributed by atoms with Crippen LogP contribution in [0.3, 0.4) is 0 Å². The Kier molecular flexibility index (Phi) is 15.8. The number of nitrogens with zero attached hydrogens (tertiary/aromatic N) is 7. The molecule has 0 saturated carbocycles. The van der Waals surface area contributed by atoms with E-state index in [0.717, 1.165) is 128 Å². The summed E-state index contributed by atoms with van der Waals surface area (Å²) in [6.07, 6.45) is 12.3. The number of phenolic OH excluding ortho intramolecular Hbond substituents is 1. The Morgan fingerprint density at radius 1 is 1.04 bits per heavy atom. The number of aryl methyl sites for hydroxylation is 2. The number of ketones is 1. The van der Waals surface area contributed by atoms with Crippen molar-refractivity contribution in [2.45, 2.75) is 159 Å². The molecule has 82 heavy (non-hydrogen) atoms. The van der Waals surface area contributed by atoms with Gasteiger partial charge in [0.15, 0.2) is 22.9 Å². The fraction of sp³-hybridized carbons (Fsp3) is 0.508. The molecule has 8 atom stereocenters. The number of β-amino-alcohol motifs (C(OH)–C–C–N with tert-alkyl or cyclic N) is 1. The topological polar surface area (TPSA) is 216 Å². The van der Waals surface area contributed by atoms with Gasteiger partial charge in [0.05, 0.1) is 46.4 Å². The van der Waals surface area contributed by atoms with Crippen molar-refractivity contribution in [2.24, 2.45) is 5.92 Å². The lowest BCUT2D eigenvalue weighted by Crippen LogP contribution is -2.60. The highest BCUT2D eigenvalue weighted by Crippen LogP contribution is 2.43. The summed E-state index contributed by atoms with van der Waals surface area (Å²) in [5.41, 5.74) is 5.00. The number of aromatic nitrogens is 5. The zero-order chi connectivity index (χ0) is 56.9. The quantitative estimate of drug-likeness (QED) is 0.0441. The van der Waals surface area contributed by atoms with Gasteiger partial charge in [-0.3, -0.25) is 19.9 Å². The molecule has 1 amide bonds. The largest absolute Gasteiger partial charge is 0.508 e. The number of carbonyl (C=O) groups excluding carboxylic acids is 2. The fourth-order valence-corrected chi connectivity index (χ4v) is 14.8. The van der Waals surface area contributed by atoms with Gasteiger partial charge in [0.1, 0.15) is 28.5 Å². The van der Waals surface area contributed by atoms with Crippen LogP contribution >= 0.6 is 11.3 Å². The van der Waals surface area contributed by atoms with E-state index in [2.05, 4.69) is 48.1 Å². The van der Waals surface area contributed by atoms with Crippen LogP contribution in [0.5, 0.6) is 11.8 Å². The Morgan fingerprint density at radius 3 is 2.61 bits per heavy atom. The minimum absolute atomic E-state index is 0.0120. The van der Waals surface area contributed by atoms with Crippen molar-refractivity contribution in [1.82, 2.24) is 46.4 Å². The summed E-state index contributed by atoms with van der Waals surface area (Å²) < 4.78 is 29.9. The van der Waals surface area contributed by atoms with Crippen LogP contribution in [0.4, 0.5) is 15.9 Å². The number of aromatic hydroxyl groups is 1. The first-order chi connectivity index (χ1) is 39.6. The van der Waals surface area contributed by atoms with E-state index >= 15 is 4.39 Å². The van der Waals surface area contributed by atoms with E-state index in [1.165, 1.54) is 0 Å². The van der Waals surface area contributed by atoms with Crippen LogP contribution < -0.4 is 35.8 Å². The summed E-state index contributed by atoms with van der Waals surface area (Å²) in [6, 6.07) is 18.0. The smallest absolute Gasteiger partial charge is 0.319 e. The number of hydrogen-bond donors (Lipinski definition) is 6. The van der Waals surface area contributed by atoms with Gasteiger partial charge in [0.2, 0.25) is 5.91 Å². The van der Waals surface area contributed by atoms with Gasteiger partial charge < -0.3 is 45.2 Å². The average Bonchev–Trinajstić information content (AvgIpc) is 4.37. The Balaban J connectivity index is 0.717. The van der Waals surface area contributed by atoms with Crippen LogP contribution in [-0.4, -0.2) is 122 Å². The Bertz CT molecular complexity index is 3470. The van der Waals surface area contributed by atoms with Gasteiger partial charge in [-0.05, 0) is 130 Å². The maximum absolute atomic E-state index is 17.3. The third-order valence-corrected chi connectivity index (χ3v) is 19.2. The van der Waals surface area contributed by atoms with E-state index in [9.17, 15) is 19.8 Å². The van der Waals surface area contributed by atoms with Crippen molar-refractivity contribution < 1.29 is 33.5 Å². The number of halogens is 1. The SMILES string of the molecule is CCc1cccc2cc(O)cc(-c3ncc4c(N5CC6CCC(C5)N6)nc(OCCC5CC(CC6CCCCN6c6cnoc6C(C)(C)CC(=O)[C@@]6(C(=O)N[C@@H](C)c7ccc(-c8scnc8C)cc7)CC(O)CN6)CCN5)nc4c3F)c12. The third-order valence-electron chi connectivity index (χ3n) is 18.3. The minimum Gasteiger partial charge on any atom is -0.508 e. The molecule has 17 nitrogen and oxygen atoms in total. The first-order valence-corrected chi connectivity index (χ1v) is 30.5. The number of anilines is 2. The molecule has 9 heterocycles. The minimum atomic E-state index is -1.62. The van der Waals surface area contributed by atoms with Crippen molar-refractivity contribution in [3.8, 4) is 33.5 Å². The normalized spacial score (nSPS) is 24.3. The summed E-state index contributed by atoms with van der Waals surface area (Å²) >= 11 is 1.59. The summed E-state index contributed by atoms with van der Waals surface area (Å²) in [5.74, 6) is 0.364. The molecule has 2 bridgehead atoms. The molecule has 12 rings (SSSR count). The van der Waals surface area contributed by atoms with Crippen LogP contribution in [0.25, 0.3) is 43.4 Å². The molecule has 4 aromatic heterocycles. The number of aliphatic hydroxyl groups is 1. The van der Waals surface area contributed by atoms with Gasteiger partial charge in [-0.1, -0.05) is 68.4 Å². The molecule has 19 heteroatoms. The van der Waals surface area contributed by atoms with Gasteiger partial charge in [0.25, 0.3) is 0 Å². The second-order valence-corrected chi connectivity index (χ2v) is 25.3. The number of fused-ring (bicyclic) bond motifs is 4. The molecule has 3 aromatic carbocycles. The predicted molar refractivity (Wildman–Crippen MR) is 317 cm³/mol. The molecule has 5 saturated heterocycles. The number of rotatable bonds is 18. The molecule has 0 radical (unpaired) electrons. The number of nitrogens with one attached hydrogen (secondary N) is 4. The van der Waals surface area contributed by atoms with E-state index in [1.807, 2.05) is 75.7 Å². The lowest BCUT2D eigenvalue weighted by atomic mass is 9.77. The summed E-state index contributed by atoms with van der Waals surface area (Å²) in [4.78, 5) is 53.7. The van der Waals surface area contributed by atoms with E-state index in [0.29, 0.717) is 53.6 Å². The highest BCUT2D eigenvalue weighted by atomic mass is 32.1. The van der Waals surface area contributed by atoms with Crippen LogP contribution in [0, 0.1) is 18.7 Å². The molecule has 6 N–H and O–H groups in total. The number of ether oxygens (including phenoxy) is 1. The third kappa shape index (κ3) is 11.1. The lowest BCUT2D eigenvalue weighted by molar-refractivity contribution is -0.138. The number of benzene rings is 3. The molecule has 5 fully saturated rings. The Labute approximate surface area is 482 Å². The fourth-order valence-electron chi connectivity index (χ4n) is 14.0. The Hall–Kier alpha value is -6.64. The van der Waals surface area contributed by atoms with Crippen LogP contribution in [-0.2, 0) is 21.4 Å². The van der Waals surface area contributed by atoms with Crippen LogP contribution in [0.2, 0.25) is 0 Å². The molecule has 7 aromatic rings. The van der Waals surface area contributed by atoms with Crippen LogP contribution in [0.1, 0.15) is 127 Å². The van der Waals surface area contributed by atoms with Crippen molar-refractivity contribution in [1.29, 1.82) is 0 Å². The van der Waals surface area contributed by atoms with E-state index < -0.39 is 34.8 Å². The maximum atomic E-state index is 17.3. The number of Topliss-reactive ketones (excluding diaryl/α,β-unsaturated/α-hetero) is 1. The number of thiazole rings is 1. The number of pyridine rings is 1. The van der Waals surface area contributed by atoms with E-state index in [1.54, 1.807) is 35.9 Å². The number of piperazine rings is 1. The number of carbonyl (C=O) groups is 2. The number of piperidine rings is 2. The van der Waals surface area contributed by atoms with Gasteiger partial charge in [0, 0.05) is 80.4 Å². The zero-order valence-electron chi connectivity index (χ0n) is 47.6. The highest BCUT2D eigenvalue weighted by Gasteiger charge is 2.53. The first-order valence-electron chi connectivity index (χ1n) is 29.6. The molecule has 0 spiro atoms. The number of amides is 1. The zero-order valence-corrected chi connectivity index (χ0v) is 48.5. The van der Waals surface area contributed by atoms with Gasteiger partial charge in [-0.15, -0.1) is 11.3 Å². The predicted octanol–water partition coefficient (Wildman–Crippen LogP) is 9.41. The van der Waals surface area contributed by atoms with Gasteiger partial charge in [-0.25, -0.2) is 9.37 Å². The maximum Gasteiger partial charge on any atom is 0.319 e. The van der Waals surface area contributed by atoms with Crippen molar-refractivity contribution in [3.05, 3.63) is 101 Å². The van der Waals surface area contributed by atoms with E-state index in [4.69, 9.17) is 24.2 Å². The first kappa shape index (κ1) is 55.9. The second kappa shape index (κ2) is 23.2. The molecule has 0 aliphatic carbocycles. The summed E-state index contributed by atoms with van der Waals surface area (Å²) in [5, 5.41) is 41.9. The summed E-state index contributed by atoms with van der Waals surface area (Å²) in [7, 11) is 0. The molecule has 5 aliphatic rings. The van der Waals surface area contributed by atoms with Crippen molar-refractivity contribution >= 4 is 56.2 Å². The number of phenols is 1. The lowest BCUT2D eigenvalue weighted by Gasteiger charge is -2.41. The second-order valence-electron chi connectivity index (χ2n) is 24.4. The van der Waals surface area contributed by atoms with Crippen LogP contribution in [0.15, 0.2) is 77.0 Å². The number of hydrogen-bond acceptors (Lipinski definition) is 17. The highest BCUT2D eigenvalue weighted by molar-refractivity contribution is 7.13. The number of aliphatic hydroxyl groups excluding tert-OH is 1. The average molecular weight is 1130 g/mol. The molecular weight excluding hydrogens is 1060 g/mol. The molecular formula is C63H76FN11O6S. The van der Waals surface area contributed by atoms with Crippen molar-refractivity contribution in [2.75, 3.05) is 49.1 Å². The molecule has 5 aliphatic heterocycles. The molecule has 432 valence electrons. The van der Waals surface area contributed by atoms with Crippen molar-refractivity contribution in [3.63, 3.8) is 0 Å². The standard InChI is InChI=1S/C63H76FN11O6S/c1-6-39-10-9-11-42-26-47(76)27-49(53(39)42)55-54(64)56-50(31-66-55)59(74-33-44-17-18-45(34-74)71-44)73-61(72-56)80-23-20-43-24-38(19-21-65-43)25-46-12-7-8-22-75(46)51-32-69-81-58(51)62(4,5)29-52(78)63(28-48(77)30-68-63)60(79)70-36(2)40-13-15-41(16-14-40)57-37(3)67-35-82-57/h9-11,13-16,26-27,31-32,35-36,38,43-46,48,65,68,71,76-77H,6-8,12,17-25,28-30,33-34H2,1-5H3,(H,70,79)/t36-,38?,43?,44?,45?,46?,48?,63+/m0/s1. The van der Waals surface area contributed by atoms with Gasteiger partial charge in [-0.2, -0.15) is 9.97 Å². The monoisotopic (exact) mass is 1130 g/mol. The van der Waals surface area contributed by atoms with E-state index in [-0.39, 0.29) is 60.2 Å². The summed E-state index contributed by atoms with van der Waals surface area (Å²) in [6.45, 7) is 13.6.